The monoisotopic (exact) mass is 266 g/mol. The average molecular weight is 266 g/mol. The van der Waals surface area contributed by atoms with Crippen molar-refractivity contribution < 1.29 is 35.1 Å². The van der Waals surface area contributed by atoms with Gasteiger partial charge >= 0.3 is 0 Å². The van der Waals surface area contributed by atoms with Gasteiger partial charge in [0.05, 0.1) is 5.56 Å². The van der Waals surface area contributed by atoms with Crippen molar-refractivity contribution in [2.75, 3.05) is 0 Å². The van der Waals surface area contributed by atoms with Gasteiger partial charge in [0.25, 0.3) is 0 Å². The average Bonchev–Trinajstić information content (AvgIpc) is 2.40. The molecule has 1 aromatic rings. The van der Waals surface area contributed by atoms with Crippen molar-refractivity contribution in [3.63, 3.8) is 0 Å². The minimum absolute atomic E-state index is 0.0646. The van der Waals surface area contributed by atoms with E-state index in [0.29, 0.717) is 0 Å². The van der Waals surface area contributed by atoms with Gasteiger partial charge in [-0.3, -0.25) is 9.59 Å². The van der Waals surface area contributed by atoms with E-state index in [0.717, 1.165) is 0 Å². The molecule has 1 aromatic carbocycles. The number of allylic oxidation sites excluding steroid dienone is 2. The van der Waals surface area contributed by atoms with Crippen molar-refractivity contribution in [2.24, 2.45) is 0 Å². The number of ketones is 2. The van der Waals surface area contributed by atoms with E-state index in [-0.39, 0.29) is 12.0 Å². The maximum absolute atomic E-state index is 11.8. The lowest BCUT2D eigenvalue weighted by molar-refractivity contribution is 0.0876. The highest BCUT2D eigenvalue weighted by atomic mass is 16.3. The Balaban J connectivity index is 2.97. The van der Waals surface area contributed by atoms with Crippen LogP contribution in [0.1, 0.15) is 33.2 Å². The van der Waals surface area contributed by atoms with E-state index in [2.05, 4.69) is 0 Å². The molecule has 1 aliphatic carbocycles. The Morgan fingerprint density at radius 2 is 1.21 bits per heavy atom. The molecular formula is C12H10O7. The normalized spacial score (nSPS) is 14.8. The molecule has 7 nitrogen and oxygen atoms in total. The number of aromatic hydroxyl groups is 3. The third kappa shape index (κ3) is 1.44. The topological polar surface area (TPSA) is 135 Å². The van der Waals surface area contributed by atoms with Crippen molar-refractivity contribution >= 4 is 11.6 Å². The van der Waals surface area contributed by atoms with Gasteiger partial charge in [-0.15, -0.1) is 0 Å². The molecule has 2 rings (SSSR count). The van der Waals surface area contributed by atoms with Gasteiger partial charge in [-0.25, -0.2) is 0 Å². The number of carbonyl (C=O) groups excluding carboxylic acids is 2. The first-order chi connectivity index (χ1) is 8.82. The summed E-state index contributed by atoms with van der Waals surface area (Å²) in [6.07, 6.45) is 0.0646. The van der Waals surface area contributed by atoms with Crippen LogP contribution in [-0.2, 0) is 6.42 Å². The summed E-state index contributed by atoms with van der Waals surface area (Å²) in [6.45, 7) is 1.54. The lowest BCUT2D eigenvalue weighted by Crippen LogP contribution is -2.23. The second-order valence-electron chi connectivity index (χ2n) is 3.98. The molecule has 0 saturated heterocycles. The van der Waals surface area contributed by atoms with Crippen molar-refractivity contribution in [1.29, 1.82) is 0 Å². The first kappa shape index (κ1) is 12.7. The molecule has 0 bridgehead atoms. The van der Waals surface area contributed by atoms with Crippen LogP contribution in [0.15, 0.2) is 11.5 Å². The first-order valence-corrected chi connectivity index (χ1v) is 5.34. The Bertz CT molecular complexity index is 655. The molecule has 0 radical (unpaired) electrons. The smallest absolute Gasteiger partial charge is 0.236 e. The van der Waals surface area contributed by atoms with Gasteiger partial charge in [0.1, 0.15) is 0 Å². The van der Waals surface area contributed by atoms with Crippen LogP contribution in [0, 0.1) is 0 Å². The quantitative estimate of drug-likeness (QED) is 0.480. The summed E-state index contributed by atoms with van der Waals surface area (Å²) >= 11 is 0. The van der Waals surface area contributed by atoms with Gasteiger partial charge in [-0.05, 0) is 6.42 Å². The molecule has 5 N–H and O–H groups in total. The summed E-state index contributed by atoms with van der Waals surface area (Å²) < 4.78 is 0. The summed E-state index contributed by atoms with van der Waals surface area (Å²) in [5.41, 5.74) is -1.15. The number of hydrogen-bond acceptors (Lipinski definition) is 7. The lowest BCUT2D eigenvalue weighted by atomic mass is 9.86. The fourth-order valence-corrected chi connectivity index (χ4v) is 2.03. The molecule has 19 heavy (non-hydrogen) atoms. The number of hydrogen-bond donors (Lipinski definition) is 5. The number of Topliss-reactive ketones (excluding diaryl/α,β-unsaturated/α-hetero) is 2. The summed E-state index contributed by atoms with van der Waals surface area (Å²) in [4.78, 5) is 23.6. The van der Waals surface area contributed by atoms with Crippen molar-refractivity contribution in [3.8, 4) is 17.2 Å². The zero-order chi connectivity index (χ0) is 14.5. The fourth-order valence-electron chi connectivity index (χ4n) is 2.03. The number of phenolic OH excluding ortho intramolecular Hbond substituents is 3. The number of phenols is 3. The molecule has 0 saturated carbocycles. The second-order valence-corrected chi connectivity index (χ2v) is 3.98. The van der Waals surface area contributed by atoms with Crippen LogP contribution in [0.2, 0.25) is 0 Å². The second kappa shape index (κ2) is 3.91. The Kier molecular flexibility index (Phi) is 2.62. The van der Waals surface area contributed by atoms with Gasteiger partial charge in [-0.1, -0.05) is 6.92 Å². The van der Waals surface area contributed by atoms with Gasteiger partial charge in [0.15, 0.2) is 11.5 Å². The number of fused-ring (bicyclic) bond motifs is 1. The molecule has 1 aliphatic rings. The van der Waals surface area contributed by atoms with Crippen LogP contribution in [0.5, 0.6) is 17.2 Å². The lowest BCUT2D eigenvalue weighted by Gasteiger charge is -2.20. The van der Waals surface area contributed by atoms with Crippen molar-refractivity contribution in [2.45, 2.75) is 13.3 Å². The minimum Gasteiger partial charge on any atom is -0.504 e. The number of benzene rings is 1. The van der Waals surface area contributed by atoms with Gasteiger partial charge in [-0.2, -0.15) is 0 Å². The summed E-state index contributed by atoms with van der Waals surface area (Å²) in [6, 6.07) is 0. The predicted octanol–water partition coefficient (Wildman–Crippen LogP) is 1.07. The number of carbonyl (C=O) groups is 2. The molecule has 0 fully saturated rings. The number of rotatable bonds is 1. The highest BCUT2D eigenvalue weighted by Crippen LogP contribution is 2.46. The van der Waals surface area contributed by atoms with E-state index in [4.69, 9.17) is 0 Å². The maximum Gasteiger partial charge on any atom is 0.236 e. The molecule has 0 amide bonds. The van der Waals surface area contributed by atoms with E-state index in [1.54, 1.807) is 6.92 Å². The van der Waals surface area contributed by atoms with E-state index >= 15 is 0 Å². The zero-order valence-electron chi connectivity index (χ0n) is 9.76. The minimum atomic E-state index is -1.21. The largest absolute Gasteiger partial charge is 0.504 e. The maximum atomic E-state index is 11.8. The Morgan fingerprint density at radius 1 is 0.737 bits per heavy atom. The number of aliphatic hydroxyl groups excluding tert-OH is 2. The zero-order valence-corrected chi connectivity index (χ0v) is 9.76. The molecule has 0 heterocycles. The molecule has 0 aliphatic heterocycles. The van der Waals surface area contributed by atoms with E-state index in [1.807, 2.05) is 0 Å². The Morgan fingerprint density at radius 3 is 1.68 bits per heavy atom. The third-order valence-electron chi connectivity index (χ3n) is 2.99. The third-order valence-corrected chi connectivity index (χ3v) is 2.99. The SMILES string of the molecule is CCc1c(O)c(O)c(O)c2c1C(=O)C(O)=C(O)C2=O. The highest BCUT2D eigenvalue weighted by Gasteiger charge is 2.39. The number of aliphatic hydroxyl groups is 2. The van der Waals surface area contributed by atoms with Crippen LogP contribution < -0.4 is 0 Å². The van der Waals surface area contributed by atoms with Crippen LogP contribution in [0.4, 0.5) is 0 Å². The fraction of sp³-hybridized carbons (Fsp3) is 0.167. The van der Waals surface area contributed by atoms with Gasteiger partial charge in [0, 0.05) is 11.1 Å². The highest BCUT2D eigenvalue weighted by molar-refractivity contribution is 6.27. The van der Waals surface area contributed by atoms with Crippen molar-refractivity contribution in [3.05, 3.63) is 28.2 Å². The van der Waals surface area contributed by atoms with Crippen LogP contribution in [0.3, 0.4) is 0 Å². The Labute approximate surface area is 106 Å². The molecule has 0 unspecified atom stereocenters. The summed E-state index contributed by atoms with van der Waals surface area (Å²) in [5.74, 6) is -7.37. The van der Waals surface area contributed by atoms with E-state index in [1.165, 1.54) is 0 Å². The predicted molar refractivity (Wildman–Crippen MR) is 61.8 cm³/mol. The van der Waals surface area contributed by atoms with Crippen molar-refractivity contribution in [1.82, 2.24) is 0 Å². The molecule has 7 heteroatoms. The summed E-state index contributed by atoms with van der Waals surface area (Å²) in [5, 5.41) is 47.5. The van der Waals surface area contributed by atoms with Crippen LogP contribution >= 0.6 is 0 Å². The van der Waals surface area contributed by atoms with E-state index < -0.39 is 51.5 Å². The standard InChI is InChI=1S/C12H10O7/c1-2-3-4-5(8(15)10(17)6(3)13)9(16)12(19)11(18)7(4)14/h13,15,17-19H,2H2,1H3. The van der Waals surface area contributed by atoms with Gasteiger partial charge in [0.2, 0.25) is 28.8 Å². The first-order valence-electron chi connectivity index (χ1n) is 5.34. The molecule has 100 valence electrons. The molecule has 0 atom stereocenters. The van der Waals surface area contributed by atoms with E-state index in [9.17, 15) is 35.1 Å². The molecular weight excluding hydrogens is 256 g/mol. The molecule has 0 aromatic heterocycles. The van der Waals surface area contributed by atoms with Crippen LogP contribution in [-0.4, -0.2) is 37.1 Å². The summed E-state index contributed by atoms with van der Waals surface area (Å²) in [7, 11) is 0. The Hall–Kier alpha value is -2.70. The van der Waals surface area contributed by atoms with Crippen LogP contribution in [0.25, 0.3) is 0 Å². The molecule has 0 spiro atoms. The van der Waals surface area contributed by atoms with Gasteiger partial charge < -0.3 is 25.5 Å².